The minimum atomic E-state index is -3.89. The molecule has 1 atom stereocenters. The molecule has 1 N–H and O–H groups in total. The van der Waals surface area contributed by atoms with Crippen molar-refractivity contribution >= 4 is 27.8 Å². The van der Waals surface area contributed by atoms with E-state index in [1.807, 2.05) is 19.9 Å². The Bertz CT molecular complexity index is 1150. The molecular weight excluding hydrogens is 464 g/mol. The molecule has 33 heavy (non-hydrogen) atoms. The predicted octanol–water partition coefficient (Wildman–Crippen LogP) is 3.68. The molecule has 9 nitrogen and oxygen atoms in total. The molecule has 0 fully saturated rings. The summed E-state index contributed by atoms with van der Waals surface area (Å²) in [5.74, 6) is 0.385. The molecule has 2 heterocycles. The van der Waals surface area contributed by atoms with Gasteiger partial charge in [-0.3, -0.25) is 9.78 Å². The summed E-state index contributed by atoms with van der Waals surface area (Å²) >= 11 is 1.33. The van der Waals surface area contributed by atoms with Gasteiger partial charge in [0, 0.05) is 11.9 Å². The second-order valence-electron chi connectivity index (χ2n) is 7.58. The molecule has 0 saturated heterocycles. The molecule has 1 aromatic carbocycles. The number of carbonyl (C=O) groups excluding carboxylic acids is 1. The molecule has 3 rings (SSSR count). The number of benzene rings is 1. The van der Waals surface area contributed by atoms with E-state index in [9.17, 15) is 13.2 Å². The monoisotopic (exact) mass is 490 g/mol. The van der Waals surface area contributed by atoms with E-state index in [0.717, 1.165) is 5.56 Å². The number of carbonyl (C=O) groups is 1. The Morgan fingerprint density at radius 1 is 1.15 bits per heavy atom. The zero-order chi connectivity index (χ0) is 23.8. The third-order valence-corrected chi connectivity index (χ3v) is 6.84. The molecule has 0 saturated carbocycles. The predicted molar refractivity (Wildman–Crippen MR) is 124 cm³/mol. The van der Waals surface area contributed by atoms with E-state index in [1.165, 1.54) is 23.9 Å². The minimum absolute atomic E-state index is 0.0736. The lowest BCUT2D eigenvalue weighted by molar-refractivity contribution is -0.145. The fraction of sp³-hybridized carbons (Fsp3) is 0.364. The molecule has 0 unspecified atom stereocenters. The van der Waals surface area contributed by atoms with Gasteiger partial charge in [0.05, 0.1) is 11.5 Å². The highest BCUT2D eigenvalue weighted by atomic mass is 32.2. The second kappa shape index (κ2) is 11.4. The lowest BCUT2D eigenvalue weighted by Crippen LogP contribution is -2.42. The van der Waals surface area contributed by atoms with E-state index in [0.29, 0.717) is 29.0 Å². The van der Waals surface area contributed by atoms with Gasteiger partial charge in [-0.05, 0) is 49.1 Å². The molecule has 0 spiro atoms. The first kappa shape index (κ1) is 24.9. The van der Waals surface area contributed by atoms with Gasteiger partial charge >= 0.3 is 5.97 Å². The number of rotatable bonds is 11. The van der Waals surface area contributed by atoms with Crippen molar-refractivity contribution in [3.05, 3.63) is 54.2 Å². The van der Waals surface area contributed by atoms with Gasteiger partial charge in [0.2, 0.25) is 10.0 Å². The van der Waals surface area contributed by atoms with Crippen molar-refractivity contribution in [1.82, 2.24) is 19.9 Å². The van der Waals surface area contributed by atoms with E-state index in [1.54, 1.807) is 37.4 Å². The van der Waals surface area contributed by atoms with E-state index >= 15 is 0 Å². The van der Waals surface area contributed by atoms with Gasteiger partial charge in [-0.25, -0.2) is 8.42 Å². The average Bonchev–Trinajstić information content (AvgIpc) is 3.27. The number of sulfonamides is 1. The number of aromatic nitrogens is 3. The molecule has 11 heteroatoms. The minimum Gasteiger partial charge on any atom is -0.465 e. The Morgan fingerprint density at radius 2 is 1.91 bits per heavy atom. The van der Waals surface area contributed by atoms with Crippen LogP contribution in [0, 0.1) is 5.92 Å². The highest BCUT2D eigenvalue weighted by Gasteiger charge is 2.27. The van der Waals surface area contributed by atoms with Gasteiger partial charge in [-0.2, -0.15) is 4.72 Å². The Morgan fingerprint density at radius 3 is 2.55 bits per heavy atom. The summed E-state index contributed by atoms with van der Waals surface area (Å²) in [7, 11) is -3.89. The first-order valence-electron chi connectivity index (χ1n) is 10.4. The van der Waals surface area contributed by atoms with Crippen molar-refractivity contribution in [3.63, 3.8) is 0 Å². The number of hydrogen-bond acceptors (Lipinski definition) is 9. The Kier molecular flexibility index (Phi) is 8.59. The zero-order valence-corrected chi connectivity index (χ0v) is 20.2. The average molecular weight is 491 g/mol. The van der Waals surface area contributed by atoms with Crippen LogP contribution in [0.4, 0.5) is 0 Å². The first-order chi connectivity index (χ1) is 15.8. The fourth-order valence-corrected chi connectivity index (χ4v) is 4.85. The van der Waals surface area contributed by atoms with Gasteiger partial charge in [-0.15, -0.1) is 10.2 Å². The van der Waals surface area contributed by atoms with Crippen molar-refractivity contribution in [1.29, 1.82) is 0 Å². The molecule has 3 aromatic rings. The van der Waals surface area contributed by atoms with Gasteiger partial charge in [0.1, 0.15) is 11.7 Å². The topological polar surface area (TPSA) is 124 Å². The maximum atomic E-state index is 12.8. The van der Waals surface area contributed by atoms with Gasteiger partial charge < -0.3 is 9.15 Å². The van der Waals surface area contributed by atoms with Crippen LogP contribution in [0.15, 0.2) is 63.2 Å². The molecule has 0 aliphatic carbocycles. The lowest BCUT2D eigenvalue weighted by Gasteiger charge is -2.19. The fourth-order valence-electron chi connectivity index (χ4n) is 2.93. The van der Waals surface area contributed by atoms with Gasteiger partial charge in [-0.1, -0.05) is 43.8 Å². The van der Waals surface area contributed by atoms with Crippen LogP contribution in [0.25, 0.3) is 11.6 Å². The van der Waals surface area contributed by atoms with Crippen LogP contribution >= 0.6 is 11.8 Å². The number of ether oxygens (including phenoxy) is 1. The van der Waals surface area contributed by atoms with E-state index < -0.39 is 22.0 Å². The summed E-state index contributed by atoms with van der Waals surface area (Å²) in [5, 5.41) is 8.39. The summed E-state index contributed by atoms with van der Waals surface area (Å²) in [5.41, 5.74) is 1.47. The maximum Gasteiger partial charge on any atom is 0.324 e. The molecular formula is C22H26N4O5S2. The van der Waals surface area contributed by atoms with Crippen molar-refractivity contribution in [2.24, 2.45) is 5.92 Å². The zero-order valence-electron chi connectivity index (χ0n) is 18.6. The van der Waals surface area contributed by atoms with Crippen LogP contribution < -0.4 is 4.72 Å². The standard InChI is InChI=1S/C22H26N4O5S2/c1-4-30-21(27)19(13-15(2)3)26-33(28,29)17-10-8-16(9-11-17)14-32-22-25-24-20(31-22)18-7-5-6-12-23-18/h5-12,15,19,26H,4,13-14H2,1-3H3/t19-/m0/s1. The molecule has 0 amide bonds. The number of nitrogens with one attached hydrogen (secondary N) is 1. The highest BCUT2D eigenvalue weighted by Crippen LogP contribution is 2.25. The summed E-state index contributed by atoms with van der Waals surface area (Å²) < 4.78 is 38.7. The molecule has 176 valence electrons. The molecule has 0 bridgehead atoms. The largest absolute Gasteiger partial charge is 0.465 e. The van der Waals surface area contributed by atoms with Crippen molar-refractivity contribution in [2.75, 3.05) is 6.61 Å². The number of pyridine rings is 1. The van der Waals surface area contributed by atoms with Crippen molar-refractivity contribution in [2.45, 2.75) is 49.1 Å². The van der Waals surface area contributed by atoms with Crippen molar-refractivity contribution < 1.29 is 22.4 Å². The third kappa shape index (κ3) is 7.11. The Balaban J connectivity index is 1.63. The Hall–Kier alpha value is -2.76. The van der Waals surface area contributed by atoms with Gasteiger partial charge in [0.15, 0.2) is 0 Å². The normalized spacial score (nSPS) is 12.6. The SMILES string of the molecule is CCOC(=O)[C@H](CC(C)C)NS(=O)(=O)c1ccc(CSc2nnc(-c3ccccn3)o2)cc1. The van der Waals surface area contributed by atoms with Crippen LogP contribution in [0.5, 0.6) is 0 Å². The number of hydrogen-bond donors (Lipinski definition) is 1. The third-order valence-electron chi connectivity index (χ3n) is 4.46. The first-order valence-corrected chi connectivity index (χ1v) is 12.9. The van der Waals surface area contributed by atoms with E-state index in [4.69, 9.17) is 9.15 Å². The van der Waals surface area contributed by atoms with E-state index in [2.05, 4.69) is 19.9 Å². The van der Waals surface area contributed by atoms with Crippen LogP contribution in [0.2, 0.25) is 0 Å². The molecule has 2 aromatic heterocycles. The van der Waals surface area contributed by atoms with Gasteiger partial charge in [0.25, 0.3) is 11.1 Å². The summed E-state index contributed by atoms with van der Waals surface area (Å²) in [6, 6.07) is 10.9. The Labute approximate surface area is 197 Å². The van der Waals surface area contributed by atoms with Crippen LogP contribution in [0.3, 0.4) is 0 Å². The maximum absolute atomic E-state index is 12.8. The van der Waals surface area contributed by atoms with E-state index in [-0.39, 0.29) is 17.4 Å². The van der Waals surface area contributed by atoms with Crippen LogP contribution in [0.1, 0.15) is 32.8 Å². The number of nitrogens with zero attached hydrogens (tertiary/aromatic N) is 3. The number of thioether (sulfide) groups is 1. The summed E-state index contributed by atoms with van der Waals surface area (Å²) in [4.78, 5) is 16.4. The highest BCUT2D eigenvalue weighted by molar-refractivity contribution is 7.98. The molecule has 0 aliphatic heterocycles. The number of esters is 1. The summed E-state index contributed by atoms with van der Waals surface area (Å²) in [6.45, 7) is 5.69. The van der Waals surface area contributed by atoms with Crippen molar-refractivity contribution in [3.8, 4) is 11.6 Å². The quantitative estimate of drug-likeness (QED) is 0.316. The van der Waals surface area contributed by atoms with Crippen LogP contribution in [-0.4, -0.2) is 42.2 Å². The summed E-state index contributed by atoms with van der Waals surface area (Å²) in [6.07, 6.45) is 1.99. The lowest BCUT2D eigenvalue weighted by atomic mass is 10.1. The molecule has 0 radical (unpaired) electrons. The smallest absolute Gasteiger partial charge is 0.324 e. The second-order valence-corrected chi connectivity index (χ2v) is 10.2. The molecule has 0 aliphatic rings. The van der Waals surface area contributed by atoms with Crippen LogP contribution in [-0.2, 0) is 25.3 Å².